The topological polar surface area (TPSA) is 88.6 Å². The lowest BCUT2D eigenvalue weighted by atomic mass is 10.0. The molecule has 142 valence electrons. The molecule has 3 rings (SSSR count). The second kappa shape index (κ2) is 7.47. The number of aromatic nitrogens is 1. The third kappa shape index (κ3) is 4.14. The molecule has 1 aromatic heterocycles. The highest BCUT2D eigenvalue weighted by molar-refractivity contribution is 5.82. The van der Waals surface area contributed by atoms with Crippen LogP contribution in [0, 0.1) is 10.1 Å². The average molecular weight is 387 g/mol. The van der Waals surface area contributed by atoms with Crippen LogP contribution >= 0.6 is 0 Å². The first-order valence-electron chi connectivity index (χ1n) is 7.91. The highest BCUT2D eigenvalue weighted by atomic mass is 19.4. The highest BCUT2D eigenvalue weighted by Crippen LogP contribution is 2.36. The Labute approximate surface area is 156 Å². The number of nitro groups is 1. The number of rotatable bonds is 4. The first-order chi connectivity index (χ1) is 13.3. The molecule has 0 aliphatic heterocycles. The predicted octanol–water partition coefficient (Wildman–Crippen LogP) is 5.13. The fraction of sp³-hybridized carbons (Fsp3) is 0.0526. The molecule has 6 nitrogen and oxygen atoms in total. The van der Waals surface area contributed by atoms with Crippen molar-refractivity contribution >= 4 is 17.6 Å². The summed E-state index contributed by atoms with van der Waals surface area (Å²) in [6, 6.07) is 12.9. The van der Waals surface area contributed by atoms with Crippen molar-refractivity contribution in [3.63, 3.8) is 0 Å². The Morgan fingerprint density at radius 2 is 1.82 bits per heavy atom. The molecule has 0 radical (unpaired) electrons. The minimum absolute atomic E-state index is 0.0582. The van der Waals surface area contributed by atoms with Gasteiger partial charge in [0.1, 0.15) is 11.4 Å². The Morgan fingerprint density at radius 1 is 1.07 bits per heavy atom. The molecule has 0 saturated heterocycles. The van der Waals surface area contributed by atoms with Crippen LogP contribution in [0.5, 0.6) is 5.75 Å². The summed E-state index contributed by atoms with van der Waals surface area (Å²) in [5.41, 5.74) is -0.889. The molecule has 9 heteroatoms. The van der Waals surface area contributed by atoms with Gasteiger partial charge in [-0.3, -0.25) is 15.1 Å². The standard InChI is InChI=1S/C19H12F3N3O3/c20-19(21,22)15-6-2-1-5-14(15)16-7-3-4-12(24-16)11-23-17-10-13(25(27)28)8-9-18(17)26/h1-11,26H/b23-11+. The summed E-state index contributed by atoms with van der Waals surface area (Å²) in [6.07, 6.45) is -3.32. The smallest absolute Gasteiger partial charge is 0.417 e. The molecular weight excluding hydrogens is 375 g/mol. The van der Waals surface area contributed by atoms with Gasteiger partial charge in [0.05, 0.1) is 28.1 Å². The number of nitrogens with zero attached hydrogens (tertiary/aromatic N) is 3. The van der Waals surface area contributed by atoms with Gasteiger partial charge in [0, 0.05) is 17.7 Å². The van der Waals surface area contributed by atoms with Crippen molar-refractivity contribution in [3.05, 3.63) is 82.0 Å². The van der Waals surface area contributed by atoms with Crippen molar-refractivity contribution in [3.8, 4) is 17.0 Å². The van der Waals surface area contributed by atoms with E-state index in [4.69, 9.17) is 0 Å². The van der Waals surface area contributed by atoms with Crippen LogP contribution in [0.15, 0.2) is 65.7 Å². The number of phenolic OH excluding ortho intramolecular Hbond substituents is 1. The zero-order valence-corrected chi connectivity index (χ0v) is 14.1. The normalized spacial score (nSPS) is 11.7. The third-order valence-electron chi connectivity index (χ3n) is 3.78. The van der Waals surface area contributed by atoms with E-state index >= 15 is 0 Å². The first-order valence-corrected chi connectivity index (χ1v) is 7.91. The summed E-state index contributed by atoms with van der Waals surface area (Å²) in [5, 5.41) is 20.6. The van der Waals surface area contributed by atoms with Gasteiger partial charge in [0.2, 0.25) is 0 Å². The zero-order chi connectivity index (χ0) is 20.3. The summed E-state index contributed by atoms with van der Waals surface area (Å²) < 4.78 is 39.6. The second-order valence-electron chi connectivity index (χ2n) is 5.68. The van der Waals surface area contributed by atoms with Gasteiger partial charge >= 0.3 is 6.18 Å². The van der Waals surface area contributed by atoms with Crippen LogP contribution in [0.4, 0.5) is 24.5 Å². The van der Waals surface area contributed by atoms with Crippen LogP contribution in [0.2, 0.25) is 0 Å². The van der Waals surface area contributed by atoms with Crippen LogP contribution in [0.3, 0.4) is 0 Å². The van der Waals surface area contributed by atoms with Gasteiger partial charge in [-0.05, 0) is 24.3 Å². The molecule has 0 fully saturated rings. The zero-order valence-electron chi connectivity index (χ0n) is 14.1. The SMILES string of the molecule is O=[N+]([O-])c1ccc(O)c(/N=C/c2cccc(-c3ccccc3C(F)(F)F)n2)c1. The number of benzene rings is 2. The molecule has 0 aliphatic carbocycles. The van der Waals surface area contributed by atoms with Gasteiger partial charge in [0.15, 0.2) is 0 Å². The molecule has 1 N–H and O–H groups in total. The Hall–Kier alpha value is -3.75. The number of halogens is 3. The molecule has 28 heavy (non-hydrogen) atoms. The van der Waals surface area contributed by atoms with Gasteiger partial charge in [-0.2, -0.15) is 13.2 Å². The average Bonchev–Trinajstić information content (AvgIpc) is 2.67. The Morgan fingerprint density at radius 3 is 2.54 bits per heavy atom. The Bertz CT molecular complexity index is 1070. The van der Waals surface area contributed by atoms with E-state index < -0.39 is 16.7 Å². The number of nitro benzene ring substituents is 1. The molecule has 1 heterocycles. The number of phenols is 1. The Kier molecular flexibility index (Phi) is 5.08. The summed E-state index contributed by atoms with van der Waals surface area (Å²) in [5.74, 6) is -0.277. The molecule has 0 unspecified atom stereocenters. The van der Waals surface area contributed by atoms with Crippen molar-refractivity contribution in [1.29, 1.82) is 0 Å². The molecule has 0 atom stereocenters. The molecule has 0 bridgehead atoms. The molecular formula is C19H12F3N3O3. The van der Waals surface area contributed by atoms with E-state index in [1.165, 1.54) is 42.6 Å². The van der Waals surface area contributed by atoms with E-state index in [-0.39, 0.29) is 34.1 Å². The number of non-ortho nitro benzene ring substituents is 1. The fourth-order valence-corrected chi connectivity index (χ4v) is 2.49. The van der Waals surface area contributed by atoms with E-state index in [9.17, 15) is 28.4 Å². The first kappa shape index (κ1) is 19.0. The minimum Gasteiger partial charge on any atom is -0.506 e. The molecule has 2 aromatic carbocycles. The van der Waals surface area contributed by atoms with Crippen LogP contribution in [0.25, 0.3) is 11.3 Å². The van der Waals surface area contributed by atoms with Gasteiger partial charge in [-0.15, -0.1) is 0 Å². The highest BCUT2D eigenvalue weighted by Gasteiger charge is 2.33. The van der Waals surface area contributed by atoms with Gasteiger partial charge in [0.25, 0.3) is 5.69 Å². The van der Waals surface area contributed by atoms with Crippen LogP contribution < -0.4 is 0 Å². The van der Waals surface area contributed by atoms with Crippen LogP contribution in [-0.2, 0) is 6.18 Å². The summed E-state index contributed by atoms with van der Waals surface area (Å²) in [4.78, 5) is 18.3. The lowest BCUT2D eigenvalue weighted by Crippen LogP contribution is -2.07. The molecule has 0 aliphatic rings. The van der Waals surface area contributed by atoms with Gasteiger partial charge < -0.3 is 5.11 Å². The number of alkyl halides is 3. The van der Waals surface area contributed by atoms with E-state index in [1.807, 2.05) is 0 Å². The largest absolute Gasteiger partial charge is 0.506 e. The number of pyridine rings is 1. The summed E-state index contributed by atoms with van der Waals surface area (Å²) in [7, 11) is 0. The quantitative estimate of drug-likeness (QED) is 0.382. The van der Waals surface area contributed by atoms with E-state index in [2.05, 4.69) is 9.98 Å². The summed E-state index contributed by atoms with van der Waals surface area (Å²) in [6.45, 7) is 0. The second-order valence-corrected chi connectivity index (χ2v) is 5.68. The van der Waals surface area contributed by atoms with Crippen molar-refractivity contribution in [2.45, 2.75) is 6.18 Å². The van der Waals surface area contributed by atoms with Gasteiger partial charge in [-0.25, -0.2) is 4.98 Å². The number of hydrogen-bond donors (Lipinski definition) is 1. The fourth-order valence-electron chi connectivity index (χ4n) is 2.49. The van der Waals surface area contributed by atoms with Crippen molar-refractivity contribution < 1.29 is 23.2 Å². The molecule has 0 saturated carbocycles. The van der Waals surface area contributed by atoms with Gasteiger partial charge in [-0.1, -0.05) is 24.3 Å². The predicted molar refractivity (Wildman–Crippen MR) is 96.7 cm³/mol. The van der Waals surface area contributed by atoms with E-state index in [0.717, 1.165) is 24.3 Å². The Balaban J connectivity index is 1.97. The molecule has 0 amide bonds. The lowest BCUT2D eigenvalue weighted by molar-refractivity contribution is -0.384. The van der Waals surface area contributed by atoms with E-state index in [0.29, 0.717) is 0 Å². The third-order valence-corrected chi connectivity index (χ3v) is 3.78. The lowest BCUT2D eigenvalue weighted by Gasteiger charge is -2.12. The monoisotopic (exact) mass is 387 g/mol. The molecule has 0 spiro atoms. The van der Waals surface area contributed by atoms with Crippen molar-refractivity contribution in [2.24, 2.45) is 4.99 Å². The van der Waals surface area contributed by atoms with Crippen LogP contribution in [-0.4, -0.2) is 21.2 Å². The van der Waals surface area contributed by atoms with Crippen molar-refractivity contribution in [2.75, 3.05) is 0 Å². The van der Waals surface area contributed by atoms with E-state index in [1.54, 1.807) is 0 Å². The van der Waals surface area contributed by atoms with Crippen molar-refractivity contribution in [1.82, 2.24) is 4.98 Å². The van der Waals surface area contributed by atoms with Crippen LogP contribution in [0.1, 0.15) is 11.3 Å². The minimum atomic E-state index is -4.53. The number of aliphatic imine (C=N–C) groups is 1. The maximum absolute atomic E-state index is 13.2. The molecule has 3 aromatic rings. The number of aromatic hydroxyl groups is 1. The maximum Gasteiger partial charge on any atom is 0.417 e. The number of hydrogen-bond acceptors (Lipinski definition) is 5. The maximum atomic E-state index is 13.2. The summed E-state index contributed by atoms with van der Waals surface area (Å²) >= 11 is 0.